The third-order valence-corrected chi connectivity index (χ3v) is 2.66. The maximum Gasteiger partial charge on any atom is 0.140 e. The van der Waals surface area contributed by atoms with E-state index in [1.54, 1.807) is 18.7 Å². The Morgan fingerprint density at radius 3 is 2.68 bits per heavy atom. The minimum atomic E-state index is 0.559. The maximum atomic E-state index is 4.30. The molecule has 2 aromatic rings. The Morgan fingerprint density at radius 2 is 2.00 bits per heavy atom. The van der Waals surface area contributed by atoms with Crippen LogP contribution in [-0.4, -0.2) is 24.7 Å². The van der Waals surface area contributed by atoms with Crippen molar-refractivity contribution in [1.82, 2.24) is 30.0 Å². The lowest BCUT2D eigenvalue weighted by molar-refractivity contribution is 0.457. The second-order valence-corrected chi connectivity index (χ2v) is 5.00. The quantitative estimate of drug-likeness (QED) is 0.848. The van der Waals surface area contributed by atoms with Gasteiger partial charge in [0.05, 0.1) is 17.9 Å². The fourth-order valence-electron chi connectivity index (χ4n) is 1.74. The van der Waals surface area contributed by atoms with Crippen LogP contribution in [0.1, 0.15) is 31.1 Å². The molecule has 0 saturated carbocycles. The average Bonchev–Trinajstić information content (AvgIpc) is 2.78. The van der Waals surface area contributed by atoms with Gasteiger partial charge in [-0.2, -0.15) is 5.10 Å². The van der Waals surface area contributed by atoms with Crippen LogP contribution in [0.15, 0.2) is 18.7 Å². The normalized spacial score (nSPS) is 11.2. The Bertz CT molecular complexity index is 502. The molecule has 102 valence electrons. The predicted octanol–water partition coefficient (Wildman–Crippen LogP) is 1.32. The summed E-state index contributed by atoms with van der Waals surface area (Å²) in [5.74, 6) is 1.51. The molecule has 0 spiro atoms. The zero-order valence-electron chi connectivity index (χ0n) is 11.7. The first kappa shape index (κ1) is 13.6. The molecule has 2 aromatic heterocycles. The van der Waals surface area contributed by atoms with Crippen LogP contribution in [0.5, 0.6) is 0 Å². The molecule has 0 aliphatic rings. The van der Waals surface area contributed by atoms with Crippen LogP contribution >= 0.6 is 0 Å². The van der Waals surface area contributed by atoms with Gasteiger partial charge in [-0.05, 0) is 12.8 Å². The van der Waals surface area contributed by atoms with Crippen molar-refractivity contribution in [2.24, 2.45) is 5.92 Å². The second-order valence-electron chi connectivity index (χ2n) is 5.00. The maximum absolute atomic E-state index is 4.30. The zero-order chi connectivity index (χ0) is 13.7. The Kier molecular flexibility index (Phi) is 4.57. The van der Waals surface area contributed by atoms with E-state index in [-0.39, 0.29) is 0 Å². The van der Waals surface area contributed by atoms with Gasteiger partial charge in [0.15, 0.2) is 0 Å². The van der Waals surface area contributed by atoms with Crippen molar-refractivity contribution < 1.29 is 0 Å². The summed E-state index contributed by atoms with van der Waals surface area (Å²) >= 11 is 0. The predicted molar refractivity (Wildman–Crippen MR) is 72.2 cm³/mol. The van der Waals surface area contributed by atoms with E-state index in [4.69, 9.17) is 0 Å². The van der Waals surface area contributed by atoms with Gasteiger partial charge in [0.1, 0.15) is 12.2 Å². The fourth-order valence-corrected chi connectivity index (χ4v) is 1.74. The van der Waals surface area contributed by atoms with Crippen molar-refractivity contribution >= 4 is 0 Å². The van der Waals surface area contributed by atoms with E-state index in [1.807, 2.05) is 11.6 Å². The molecule has 0 aliphatic heterocycles. The molecule has 0 aliphatic carbocycles. The van der Waals surface area contributed by atoms with Crippen LogP contribution in [0.25, 0.3) is 0 Å². The Balaban J connectivity index is 1.85. The van der Waals surface area contributed by atoms with Crippen molar-refractivity contribution in [2.45, 2.75) is 40.4 Å². The van der Waals surface area contributed by atoms with Gasteiger partial charge in [0.2, 0.25) is 0 Å². The summed E-state index contributed by atoms with van der Waals surface area (Å²) in [6, 6.07) is 0. The number of rotatable bonds is 6. The Hall–Kier alpha value is -1.82. The first-order valence-corrected chi connectivity index (χ1v) is 6.50. The van der Waals surface area contributed by atoms with Crippen molar-refractivity contribution in [3.63, 3.8) is 0 Å². The molecular formula is C13H20N6. The minimum absolute atomic E-state index is 0.559. The molecule has 0 bridgehead atoms. The minimum Gasteiger partial charge on any atom is -0.304 e. The highest BCUT2D eigenvalue weighted by Gasteiger charge is 2.05. The van der Waals surface area contributed by atoms with Gasteiger partial charge in [-0.15, -0.1) is 0 Å². The van der Waals surface area contributed by atoms with Crippen molar-refractivity contribution in [1.29, 1.82) is 0 Å². The van der Waals surface area contributed by atoms with E-state index in [2.05, 4.69) is 39.2 Å². The topological polar surface area (TPSA) is 68.5 Å². The van der Waals surface area contributed by atoms with E-state index < -0.39 is 0 Å². The fraction of sp³-hybridized carbons (Fsp3) is 0.538. The number of aromatic nitrogens is 5. The molecule has 6 nitrogen and oxygen atoms in total. The lowest BCUT2D eigenvalue weighted by Gasteiger charge is -2.09. The second kappa shape index (κ2) is 6.38. The summed E-state index contributed by atoms with van der Waals surface area (Å²) in [6.07, 6.45) is 5.17. The van der Waals surface area contributed by atoms with E-state index >= 15 is 0 Å². The molecule has 6 heteroatoms. The summed E-state index contributed by atoms with van der Waals surface area (Å²) in [7, 11) is 0. The molecule has 2 rings (SSSR count). The molecule has 0 amide bonds. The lowest BCUT2D eigenvalue weighted by atomic mass is 10.2. The summed E-state index contributed by atoms with van der Waals surface area (Å²) in [5, 5.41) is 7.54. The summed E-state index contributed by atoms with van der Waals surface area (Å²) in [5.41, 5.74) is 1.86. The molecular weight excluding hydrogens is 240 g/mol. The third-order valence-electron chi connectivity index (χ3n) is 2.66. The van der Waals surface area contributed by atoms with Gasteiger partial charge >= 0.3 is 0 Å². The van der Waals surface area contributed by atoms with Crippen LogP contribution in [0.2, 0.25) is 0 Å². The van der Waals surface area contributed by atoms with Crippen LogP contribution < -0.4 is 5.32 Å². The zero-order valence-corrected chi connectivity index (χ0v) is 11.7. The van der Waals surface area contributed by atoms with E-state index in [1.165, 1.54) is 0 Å². The van der Waals surface area contributed by atoms with Gasteiger partial charge in [0.25, 0.3) is 0 Å². The smallest absolute Gasteiger partial charge is 0.140 e. The molecule has 1 N–H and O–H groups in total. The first-order valence-electron chi connectivity index (χ1n) is 6.50. The largest absolute Gasteiger partial charge is 0.304 e. The Labute approximate surface area is 113 Å². The number of hydrogen-bond acceptors (Lipinski definition) is 5. The van der Waals surface area contributed by atoms with Crippen molar-refractivity contribution in [3.8, 4) is 0 Å². The van der Waals surface area contributed by atoms with Crippen LogP contribution in [-0.2, 0) is 19.6 Å². The summed E-state index contributed by atoms with van der Waals surface area (Å²) < 4.78 is 1.94. The third kappa shape index (κ3) is 4.10. The lowest BCUT2D eigenvalue weighted by Crippen LogP contribution is -2.19. The highest BCUT2D eigenvalue weighted by Crippen LogP contribution is 2.01. The number of aryl methyl sites for hydroxylation is 1. The number of nitrogens with one attached hydrogen (secondary N) is 1. The molecule has 0 aromatic carbocycles. The summed E-state index contributed by atoms with van der Waals surface area (Å²) in [6.45, 7) is 8.52. The number of hydrogen-bond donors (Lipinski definition) is 1. The van der Waals surface area contributed by atoms with Crippen LogP contribution in [0, 0.1) is 12.8 Å². The SMILES string of the molecule is Cc1cnc(CNCc2ncnn2CC(C)C)cn1. The molecule has 0 atom stereocenters. The Morgan fingerprint density at radius 1 is 1.16 bits per heavy atom. The van der Waals surface area contributed by atoms with Gasteiger partial charge in [-0.25, -0.2) is 9.67 Å². The van der Waals surface area contributed by atoms with E-state index in [0.717, 1.165) is 23.8 Å². The van der Waals surface area contributed by atoms with Gasteiger partial charge in [-0.1, -0.05) is 13.8 Å². The van der Waals surface area contributed by atoms with Crippen LogP contribution in [0.3, 0.4) is 0 Å². The van der Waals surface area contributed by atoms with Gasteiger partial charge in [0, 0.05) is 25.5 Å². The molecule has 2 heterocycles. The van der Waals surface area contributed by atoms with Crippen LogP contribution in [0.4, 0.5) is 0 Å². The standard InChI is InChI=1S/C13H20N6/c1-10(2)8-19-13(17-9-18-19)7-14-5-12-6-15-11(3)4-16-12/h4,6,9-10,14H,5,7-8H2,1-3H3. The molecule has 0 unspecified atom stereocenters. The molecule has 0 saturated heterocycles. The van der Waals surface area contributed by atoms with Crippen molar-refractivity contribution in [3.05, 3.63) is 35.9 Å². The molecule has 0 fully saturated rings. The molecule has 0 radical (unpaired) electrons. The monoisotopic (exact) mass is 260 g/mol. The summed E-state index contributed by atoms with van der Waals surface area (Å²) in [4.78, 5) is 12.8. The number of nitrogens with zero attached hydrogens (tertiary/aromatic N) is 5. The highest BCUT2D eigenvalue weighted by molar-refractivity contribution is 5.00. The first-order chi connectivity index (χ1) is 9.15. The highest BCUT2D eigenvalue weighted by atomic mass is 15.3. The molecule has 19 heavy (non-hydrogen) atoms. The van der Waals surface area contributed by atoms with Gasteiger partial charge < -0.3 is 5.32 Å². The average molecular weight is 260 g/mol. The van der Waals surface area contributed by atoms with E-state index in [9.17, 15) is 0 Å². The van der Waals surface area contributed by atoms with Gasteiger partial charge in [-0.3, -0.25) is 9.97 Å². The van der Waals surface area contributed by atoms with E-state index in [0.29, 0.717) is 19.0 Å². The van der Waals surface area contributed by atoms with Crippen molar-refractivity contribution in [2.75, 3.05) is 0 Å².